The molecule has 0 aromatic heterocycles. The number of carbonyl (C=O) groups is 1. The van der Waals surface area contributed by atoms with Crippen LogP contribution in [0.15, 0.2) is 18.2 Å². The highest BCUT2D eigenvalue weighted by Crippen LogP contribution is 2.35. The van der Waals surface area contributed by atoms with Gasteiger partial charge in [0.15, 0.2) is 0 Å². The van der Waals surface area contributed by atoms with Crippen molar-refractivity contribution in [3.63, 3.8) is 0 Å². The lowest BCUT2D eigenvalue weighted by Crippen LogP contribution is -2.27. The zero-order valence-electron chi connectivity index (χ0n) is 10.1. The van der Waals surface area contributed by atoms with Gasteiger partial charge in [-0.3, -0.25) is 4.79 Å². The minimum atomic E-state index is 0.314. The molecular weight excluding hydrogens is 198 g/mol. The third-order valence-corrected chi connectivity index (χ3v) is 3.22. The highest BCUT2D eigenvalue weighted by Gasteiger charge is 2.28. The molecule has 2 heteroatoms. The highest BCUT2D eigenvalue weighted by molar-refractivity contribution is 5.97. The van der Waals surface area contributed by atoms with Crippen LogP contribution in [0, 0.1) is 0 Å². The fourth-order valence-electron chi connectivity index (χ4n) is 2.55. The van der Waals surface area contributed by atoms with Crippen LogP contribution in [-0.4, -0.2) is 12.5 Å². The number of aryl methyl sites for hydroxylation is 1. The van der Waals surface area contributed by atoms with Gasteiger partial charge in [0.05, 0.1) is 5.69 Å². The number of anilines is 1. The number of nitrogens with zero attached hydrogens (tertiary/aromatic N) is 1. The molecule has 1 amide bonds. The average Bonchev–Trinajstić information content (AvgIpc) is 2.69. The Morgan fingerprint density at radius 3 is 2.50 bits per heavy atom. The van der Waals surface area contributed by atoms with Gasteiger partial charge >= 0.3 is 0 Å². The first-order chi connectivity index (χ1) is 7.86. The van der Waals surface area contributed by atoms with Crippen LogP contribution in [0.2, 0.25) is 0 Å². The normalized spacial score (nSPS) is 17.4. The molecule has 0 saturated carbocycles. The van der Waals surface area contributed by atoms with Crippen LogP contribution < -0.4 is 4.90 Å². The molecule has 0 N–H and O–H groups in total. The van der Waals surface area contributed by atoms with Crippen LogP contribution in [0.25, 0.3) is 0 Å². The first kappa shape index (κ1) is 11.2. The summed E-state index contributed by atoms with van der Waals surface area (Å²) in [7, 11) is 0. The monoisotopic (exact) mass is 217 g/mol. The van der Waals surface area contributed by atoms with E-state index in [0.717, 1.165) is 25.8 Å². The van der Waals surface area contributed by atoms with Crippen molar-refractivity contribution in [2.45, 2.75) is 39.5 Å². The minimum Gasteiger partial charge on any atom is -0.312 e. The summed E-state index contributed by atoms with van der Waals surface area (Å²) >= 11 is 0. The Morgan fingerprint density at radius 1 is 1.06 bits per heavy atom. The van der Waals surface area contributed by atoms with E-state index in [4.69, 9.17) is 0 Å². The first-order valence-corrected chi connectivity index (χ1v) is 6.27. The molecule has 2 aliphatic rings. The number of hydrogen-bond donors (Lipinski definition) is 0. The van der Waals surface area contributed by atoms with Crippen molar-refractivity contribution in [2.75, 3.05) is 11.4 Å². The quantitative estimate of drug-likeness (QED) is 0.654. The van der Waals surface area contributed by atoms with Crippen molar-refractivity contribution in [3.05, 3.63) is 29.3 Å². The van der Waals surface area contributed by atoms with Gasteiger partial charge in [-0.05, 0) is 30.4 Å². The zero-order chi connectivity index (χ0) is 11.5. The third kappa shape index (κ3) is 1.73. The largest absolute Gasteiger partial charge is 0.312 e. The fraction of sp³-hybridized carbons (Fsp3) is 0.500. The molecule has 0 unspecified atom stereocenters. The molecule has 16 heavy (non-hydrogen) atoms. The lowest BCUT2D eigenvalue weighted by atomic mass is 10.0. The second kappa shape index (κ2) is 4.69. The summed E-state index contributed by atoms with van der Waals surface area (Å²) in [5.74, 6) is 0.314. The van der Waals surface area contributed by atoms with Gasteiger partial charge in [-0.1, -0.05) is 32.0 Å². The van der Waals surface area contributed by atoms with Crippen molar-refractivity contribution in [2.24, 2.45) is 0 Å². The van der Waals surface area contributed by atoms with Crippen LogP contribution >= 0.6 is 0 Å². The van der Waals surface area contributed by atoms with E-state index in [-0.39, 0.29) is 0 Å². The van der Waals surface area contributed by atoms with E-state index in [1.165, 1.54) is 16.8 Å². The summed E-state index contributed by atoms with van der Waals surface area (Å²) in [4.78, 5) is 13.8. The van der Waals surface area contributed by atoms with Crippen molar-refractivity contribution >= 4 is 11.6 Å². The lowest BCUT2D eigenvalue weighted by Gasteiger charge is -2.16. The van der Waals surface area contributed by atoms with Crippen LogP contribution in [0.5, 0.6) is 0 Å². The van der Waals surface area contributed by atoms with E-state index in [1.54, 1.807) is 0 Å². The molecule has 0 radical (unpaired) electrons. The van der Waals surface area contributed by atoms with Crippen LogP contribution in [0.4, 0.5) is 5.69 Å². The van der Waals surface area contributed by atoms with Gasteiger partial charge in [0.2, 0.25) is 5.91 Å². The Balaban J connectivity index is 0.000000457. The maximum absolute atomic E-state index is 11.8. The second-order valence-corrected chi connectivity index (χ2v) is 4.07. The van der Waals surface area contributed by atoms with Gasteiger partial charge in [-0.2, -0.15) is 0 Å². The summed E-state index contributed by atoms with van der Waals surface area (Å²) in [6.45, 7) is 4.89. The van der Waals surface area contributed by atoms with E-state index in [2.05, 4.69) is 18.2 Å². The Labute approximate surface area is 97.3 Å². The number of hydrogen-bond acceptors (Lipinski definition) is 1. The Bertz CT molecular complexity index is 398. The van der Waals surface area contributed by atoms with E-state index in [1.807, 2.05) is 18.7 Å². The lowest BCUT2D eigenvalue weighted by molar-refractivity contribution is -0.118. The predicted octanol–water partition coefficient (Wildman–Crippen LogP) is 2.94. The van der Waals surface area contributed by atoms with Gasteiger partial charge in [0.1, 0.15) is 0 Å². The smallest absolute Gasteiger partial charge is 0.227 e. The average molecular weight is 217 g/mol. The maximum atomic E-state index is 11.8. The van der Waals surface area contributed by atoms with Gasteiger partial charge in [-0.25, -0.2) is 0 Å². The van der Waals surface area contributed by atoms with Crippen LogP contribution in [0.1, 0.15) is 37.8 Å². The van der Waals surface area contributed by atoms with Crippen molar-refractivity contribution in [3.8, 4) is 0 Å². The van der Waals surface area contributed by atoms with Gasteiger partial charge in [0, 0.05) is 13.0 Å². The number of benzene rings is 1. The summed E-state index contributed by atoms with van der Waals surface area (Å²) in [5.41, 5.74) is 3.96. The Morgan fingerprint density at radius 2 is 1.75 bits per heavy atom. The van der Waals surface area contributed by atoms with E-state index in [9.17, 15) is 4.79 Å². The van der Waals surface area contributed by atoms with Gasteiger partial charge in [-0.15, -0.1) is 0 Å². The first-order valence-electron chi connectivity index (χ1n) is 6.27. The summed E-state index contributed by atoms with van der Waals surface area (Å²) < 4.78 is 0. The topological polar surface area (TPSA) is 20.3 Å². The molecule has 0 bridgehead atoms. The Kier molecular flexibility index (Phi) is 3.28. The summed E-state index contributed by atoms with van der Waals surface area (Å²) in [5, 5.41) is 0. The second-order valence-electron chi connectivity index (χ2n) is 4.07. The third-order valence-electron chi connectivity index (χ3n) is 3.22. The van der Waals surface area contributed by atoms with E-state index < -0.39 is 0 Å². The minimum absolute atomic E-state index is 0.314. The highest BCUT2D eigenvalue weighted by atomic mass is 16.2. The molecule has 0 fully saturated rings. The number of para-hydroxylation sites is 1. The molecular formula is C14H19NO. The number of carbonyl (C=O) groups excluding carboxylic acids is 1. The fourth-order valence-corrected chi connectivity index (χ4v) is 2.55. The Hall–Kier alpha value is -1.31. The van der Waals surface area contributed by atoms with E-state index >= 15 is 0 Å². The number of amides is 1. The molecule has 1 aromatic carbocycles. The van der Waals surface area contributed by atoms with Crippen molar-refractivity contribution < 1.29 is 4.79 Å². The SMILES string of the molecule is CC.O=C1CCCc2cccc3c2N1CC3. The number of rotatable bonds is 0. The molecule has 0 aliphatic carbocycles. The molecule has 1 aromatic rings. The zero-order valence-corrected chi connectivity index (χ0v) is 10.1. The van der Waals surface area contributed by atoms with Crippen LogP contribution in [-0.2, 0) is 17.6 Å². The molecule has 0 atom stereocenters. The van der Waals surface area contributed by atoms with Gasteiger partial charge in [0.25, 0.3) is 0 Å². The van der Waals surface area contributed by atoms with Crippen molar-refractivity contribution in [1.29, 1.82) is 0 Å². The molecule has 86 valence electrons. The summed E-state index contributed by atoms with van der Waals surface area (Å²) in [6.07, 6.45) is 3.82. The molecule has 2 nitrogen and oxygen atoms in total. The standard InChI is InChI=1S/C12H13NO.C2H6/c14-11-6-2-5-9-3-1-4-10-7-8-13(11)12(9)10;1-2/h1,3-4H,2,5-8H2;1-2H3. The van der Waals surface area contributed by atoms with Gasteiger partial charge < -0.3 is 4.90 Å². The molecule has 3 rings (SSSR count). The maximum Gasteiger partial charge on any atom is 0.227 e. The van der Waals surface area contributed by atoms with Crippen molar-refractivity contribution in [1.82, 2.24) is 0 Å². The molecule has 0 spiro atoms. The molecule has 2 heterocycles. The molecule has 2 aliphatic heterocycles. The molecule has 0 saturated heterocycles. The van der Waals surface area contributed by atoms with Crippen LogP contribution in [0.3, 0.4) is 0 Å². The summed E-state index contributed by atoms with van der Waals surface area (Å²) in [6, 6.07) is 6.43. The predicted molar refractivity (Wildman–Crippen MR) is 66.8 cm³/mol. The van der Waals surface area contributed by atoms with E-state index in [0.29, 0.717) is 12.3 Å².